The molecule has 9 heteroatoms. The number of hydrogen-bond donors (Lipinski definition) is 1. The minimum absolute atomic E-state index is 0.0248. The fourth-order valence-electron chi connectivity index (χ4n) is 3.02. The lowest BCUT2D eigenvalue weighted by molar-refractivity contribution is 0.474. The molecule has 4 aromatic carbocycles. The molecule has 33 heavy (non-hydrogen) atoms. The Morgan fingerprint density at radius 3 is 1.18 bits per heavy atom. The Morgan fingerprint density at radius 2 is 0.818 bits per heavy atom. The van der Waals surface area contributed by atoms with Gasteiger partial charge in [-0.3, -0.25) is 0 Å². The Balaban J connectivity index is 1.51. The van der Waals surface area contributed by atoms with E-state index in [4.69, 9.17) is 4.74 Å². The minimum Gasteiger partial charge on any atom is -0.508 e. The van der Waals surface area contributed by atoms with Gasteiger partial charge in [0.1, 0.15) is 23.1 Å². The summed E-state index contributed by atoms with van der Waals surface area (Å²) in [6, 6.07) is 21.2. The van der Waals surface area contributed by atoms with Crippen LogP contribution in [0.25, 0.3) is 0 Å². The SMILES string of the molecule is O=S(=O)(c1ccc(O)cc1)c1ccc(Oc2ccc(S(=O)(=O)c3ccc(F)cc3)cc2)cc1. The molecule has 4 aromatic rings. The van der Waals surface area contributed by atoms with Crippen molar-refractivity contribution in [3.8, 4) is 17.2 Å². The summed E-state index contributed by atoms with van der Waals surface area (Å²) in [6.45, 7) is 0. The van der Waals surface area contributed by atoms with Gasteiger partial charge >= 0.3 is 0 Å². The number of phenols is 1. The van der Waals surface area contributed by atoms with Crippen molar-refractivity contribution >= 4 is 19.7 Å². The molecule has 0 bridgehead atoms. The van der Waals surface area contributed by atoms with Gasteiger partial charge in [0.15, 0.2) is 0 Å². The third kappa shape index (κ3) is 4.74. The Labute approximate surface area is 190 Å². The van der Waals surface area contributed by atoms with Crippen LogP contribution in [-0.4, -0.2) is 21.9 Å². The molecule has 0 saturated heterocycles. The zero-order valence-electron chi connectivity index (χ0n) is 16.9. The summed E-state index contributed by atoms with van der Waals surface area (Å²) in [6.07, 6.45) is 0. The lowest BCUT2D eigenvalue weighted by Crippen LogP contribution is -2.02. The normalized spacial score (nSPS) is 11.8. The highest BCUT2D eigenvalue weighted by molar-refractivity contribution is 7.91. The Kier molecular flexibility index (Phi) is 5.92. The number of sulfone groups is 2. The van der Waals surface area contributed by atoms with Crippen LogP contribution in [0.4, 0.5) is 4.39 Å². The van der Waals surface area contributed by atoms with E-state index >= 15 is 0 Å². The fraction of sp³-hybridized carbons (Fsp3) is 0. The van der Waals surface area contributed by atoms with E-state index in [2.05, 4.69) is 0 Å². The molecule has 0 aliphatic rings. The van der Waals surface area contributed by atoms with Crippen molar-refractivity contribution in [2.24, 2.45) is 0 Å². The first kappa shape index (κ1) is 22.5. The second kappa shape index (κ2) is 8.68. The standard InChI is InChI=1S/C24H17FO6S2/c25-17-1-9-21(10-2-17)32(27,28)23-13-5-19(6-14-23)31-20-7-15-24(16-8-20)33(29,30)22-11-3-18(26)4-12-22/h1-16,26H. The number of hydrogen-bond acceptors (Lipinski definition) is 6. The van der Waals surface area contributed by atoms with Gasteiger partial charge < -0.3 is 9.84 Å². The first-order valence-electron chi connectivity index (χ1n) is 9.59. The number of phenolic OH excluding ortho intramolecular Hbond substituents is 1. The van der Waals surface area contributed by atoms with Crippen LogP contribution >= 0.6 is 0 Å². The van der Waals surface area contributed by atoms with Crippen LogP contribution in [0.2, 0.25) is 0 Å². The number of rotatable bonds is 6. The molecule has 1 N–H and O–H groups in total. The number of halogens is 1. The molecule has 0 aromatic heterocycles. The minimum atomic E-state index is -3.80. The van der Waals surface area contributed by atoms with E-state index in [1.54, 1.807) is 0 Å². The van der Waals surface area contributed by atoms with E-state index < -0.39 is 25.5 Å². The van der Waals surface area contributed by atoms with Gasteiger partial charge in [0, 0.05) is 0 Å². The quantitative estimate of drug-likeness (QED) is 0.387. The average Bonchev–Trinajstić information content (AvgIpc) is 2.80. The zero-order valence-corrected chi connectivity index (χ0v) is 18.6. The average molecular weight is 485 g/mol. The van der Waals surface area contributed by atoms with Gasteiger partial charge in [0.25, 0.3) is 0 Å². The van der Waals surface area contributed by atoms with Gasteiger partial charge in [-0.25, -0.2) is 21.2 Å². The molecule has 0 spiro atoms. The summed E-state index contributed by atoms with van der Waals surface area (Å²) in [5.74, 6) is 0.143. The molecule has 6 nitrogen and oxygen atoms in total. The third-order valence-corrected chi connectivity index (χ3v) is 8.35. The fourth-order valence-corrected chi connectivity index (χ4v) is 5.54. The van der Waals surface area contributed by atoms with Crippen LogP contribution in [0, 0.1) is 5.82 Å². The lowest BCUT2D eigenvalue weighted by Gasteiger charge is -2.09. The number of benzene rings is 4. The van der Waals surface area contributed by atoms with Gasteiger partial charge in [0.2, 0.25) is 19.7 Å². The summed E-state index contributed by atoms with van der Waals surface area (Å²) in [5, 5.41) is 9.34. The summed E-state index contributed by atoms with van der Waals surface area (Å²) in [5.41, 5.74) is 0. The highest BCUT2D eigenvalue weighted by Crippen LogP contribution is 2.28. The van der Waals surface area contributed by atoms with Crippen molar-refractivity contribution < 1.29 is 31.1 Å². The predicted molar refractivity (Wildman–Crippen MR) is 118 cm³/mol. The molecule has 168 valence electrons. The number of aromatic hydroxyl groups is 1. The molecule has 0 unspecified atom stereocenters. The summed E-state index contributed by atoms with van der Waals surface area (Å²) >= 11 is 0. The van der Waals surface area contributed by atoms with E-state index in [-0.39, 0.29) is 25.3 Å². The van der Waals surface area contributed by atoms with Gasteiger partial charge in [0.05, 0.1) is 19.6 Å². The van der Waals surface area contributed by atoms with Gasteiger partial charge in [-0.05, 0) is 97.1 Å². The highest BCUT2D eigenvalue weighted by Gasteiger charge is 2.19. The maximum Gasteiger partial charge on any atom is 0.206 e. The molecule has 0 saturated carbocycles. The van der Waals surface area contributed by atoms with Crippen molar-refractivity contribution in [3.63, 3.8) is 0 Å². The van der Waals surface area contributed by atoms with Crippen molar-refractivity contribution in [1.29, 1.82) is 0 Å². The number of ether oxygens (including phenoxy) is 1. The Hall–Kier alpha value is -3.69. The van der Waals surface area contributed by atoms with Crippen LogP contribution in [0.15, 0.2) is 117 Å². The van der Waals surface area contributed by atoms with E-state index in [0.29, 0.717) is 11.5 Å². The molecule has 0 aliphatic heterocycles. The maximum absolute atomic E-state index is 13.1. The summed E-state index contributed by atoms with van der Waals surface area (Å²) < 4.78 is 69.4. The van der Waals surface area contributed by atoms with E-state index in [1.807, 2.05) is 0 Å². The van der Waals surface area contributed by atoms with Gasteiger partial charge in [-0.2, -0.15) is 0 Å². The summed E-state index contributed by atoms with van der Waals surface area (Å²) in [7, 11) is -7.55. The molecule has 0 fully saturated rings. The highest BCUT2D eigenvalue weighted by atomic mass is 32.2. The van der Waals surface area contributed by atoms with Crippen molar-refractivity contribution in [2.45, 2.75) is 19.6 Å². The van der Waals surface area contributed by atoms with Gasteiger partial charge in [-0.15, -0.1) is 0 Å². The summed E-state index contributed by atoms with van der Waals surface area (Å²) in [4.78, 5) is 0.105. The molecule has 0 radical (unpaired) electrons. The topological polar surface area (TPSA) is 97.7 Å². The Bertz CT molecular complexity index is 1360. The molecule has 0 amide bonds. The smallest absolute Gasteiger partial charge is 0.206 e. The van der Waals surface area contributed by atoms with Crippen LogP contribution in [0.5, 0.6) is 17.2 Å². The molecule has 4 rings (SSSR count). The lowest BCUT2D eigenvalue weighted by atomic mass is 10.3. The van der Waals surface area contributed by atoms with Crippen molar-refractivity contribution in [1.82, 2.24) is 0 Å². The van der Waals surface area contributed by atoms with Crippen LogP contribution < -0.4 is 4.74 Å². The molecule has 0 atom stereocenters. The molecular weight excluding hydrogens is 467 g/mol. The van der Waals surface area contributed by atoms with Crippen molar-refractivity contribution in [3.05, 3.63) is 103 Å². The Morgan fingerprint density at radius 1 is 0.515 bits per heavy atom. The van der Waals surface area contributed by atoms with Crippen LogP contribution in [0.3, 0.4) is 0 Å². The van der Waals surface area contributed by atoms with E-state index in [0.717, 1.165) is 12.1 Å². The predicted octanol–water partition coefficient (Wildman–Crippen LogP) is 4.99. The first-order valence-corrected chi connectivity index (χ1v) is 12.6. The van der Waals surface area contributed by atoms with E-state index in [9.17, 15) is 26.3 Å². The third-order valence-electron chi connectivity index (χ3n) is 4.77. The molecular formula is C24H17FO6S2. The van der Waals surface area contributed by atoms with E-state index in [1.165, 1.54) is 84.9 Å². The largest absolute Gasteiger partial charge is 0.508 e. The zero-order chi connectivity index (χ0) is 23.6. The van der Waals surface area contributed by atoms with Crippen LogP contribution in [-0.2, 0) is 19.7 Å². The monoisotopic (exact) mass is 484 g/mol. The second-order valence-corrected chi connectivity index (χ2v) is 10.9. The molecule has 0 aliphatic carbocycles. The van der Waals surface area contributed by atoms with Crippen molar-refractivity contribution in [2.75, 3.05) is 0 Å². The van der Waals surface area contributed by atoms with Gasteiger partial charge in [-0.1, -0.05) is 0 Å². The maximum atomic E-state index is 13.1. The first-order chi connectivity index (χ1) is 15.7. The molecule has 0 heterocycles. The van der Waals surface area contributed by atoms with Crippen LogP contribution in [0.1, 0.15) is 0 Å². The second-order valence-electron chi connectivity index (χ2n) is 7.00.